The van der Waals surface area contributed by atoms with E-state index in [1.165, 1.54) is 56.9 Å². The molecular weight excluding hydrogens is 368 g/mol. The Balaban J connectivity index is 1.55. The van der Waals surface area contributed by atoms with Crippen LogP contribution in [0.4, 0.5) is 0 Å². The molecule has 9 atom stereocenters. The third kappa shape index (κ3) is 3.72. The minimum atomic E-state index is -0.298. The average molecular weight is 417 g/mol. The van der Waals surface area contributed by atoms with Crippen molar-refractivity contribution in [1.82, 2.24) is 0 Å². The quantitative estimate of drug-likeness (QED) is 0.470. The van der Waals surface area contributed by atoms with Gasteiger partial charge in [-0.15, -0.1) is 0 Å². The first-order valence-electron chi connectivity index (χ1n) is 13.3. The Bertz CT molecular complexity index is 639. The summed E-state index contributed by atoms with van der Waals surface area (Å²) in [4.78, 5) is 0. The maximum Gasteiger partial charge on any atom is 0.0757 e. The zero-order valence-corrected chi connectivity index (χ0v) is 20.4. The standard InChI is InChI=1S/C28H48O2/c1-6-19(9-7-8-18(2)3)22-10-11-23-26-24(13-15-28(22,23)5)27(4)14-12-21(29)16-20(27)17-25(26)30/h17-19,21-26,29-30H,6-16H2,1-5H3/t19-,21?,22?,23?,24?,25?,26?,27?,28?/m1/s1. The van der Waals surface area contributed by atoms with Crippen LogP contribution in [0.2, 0.25) is 0 Å². The lowest BCUT2D eigenvalue weighted by Gasteiger charge is -2.59. The lowest BCUT2D eigenvalue weighted by atomic mass is 9.46. The van der Waals surface area contributed by atoms with Crippen molar-refractivity contribution in [2.24, 2.45) is 46.3 Å². The lowest BCUT2D eigenvalue weighted by molar-refractivity contribution is -0.0980. The van der Waals surface area contributed by atoms with Gasteiger partial charge in [0.25, 0.3) is 0 Å². The Hall–Kier alpha value is -0.340. The highest BCUT2D eigenvalue weighted by molar-refractivity contribution is 5.27. The fourth-order valence-electron chi connectivity index (χ4n) is 8.92. The van der Waals surface area contributed by atoms with E-state index >= 15 is 0 Å². The number of aliphatic hydroxyl groups is 2. The molecule has 0 radical (unpaired) electrons. The van der Waals surface area contributed by atoms with Crippen LogP contribution in [0.5, 0.6) is 0 Å². The molecule has 0 saturated heterocycles. The topological polar surface area (TPSA) is 40.5 Å². The predicted octanol–water partition coefficient (Wildman–Crippen LogP) is 6.75. The van der Waals surface area contributed by atoms with Gasteiger partial charge in [-0.05, 0) is 91.3 Å². The van der Waals surface area contributed by atoms with Crippen LogP contribution in [0.3, 0.4) is 0 Å². The predicted molar refractivity (Wildman–Crippen MR) is 125 cm³/mol. The van der Waals surface area contributed by atoms with Crippen molar-refractivity contribution in [2.75, 3.05) is 0 Å². The third-order valence-electron chi connectivity index (χ3n) is 10.6. The van der Waals surface area contributed by atoms with E-state index in [2.05, 4.69) is 40.7 Å². The molecule has 2 N–H and O–H groups in total. The molecular formula is C28H48O2. The van der Waals surface area contributed by atoms with E-state index in [-0.39, 0.29) is 17.6 Å². The average Bonchev–Trinajstić information content (AvgIpc) is 3.03. The molecule has 0 aromatic carbocycles. The fraction of sp³-hybridized carbons (Fsp3) is 0.929. The van der Waals surface area contributed by atoms with Crippen molar-refractivity contribution in [3.05, 3.63) is 11.6 Å². The number of hydrogen-bond acceptors (Lipinski definition) is 2. The summed E-state index contributed by atoms with van der Waals surface area (Å²) in [6.07, 6.45) is 15.3. The molecule has 172 valence electrons. The molecule has 4 aliphatic rings. The van der Waals surface area contributed by atoms with E-state index in [1.54, 1.807) is 0 Å². The normalized spacial score (nSPS) is 46.7. The van der Waals surface area contributed by atoms with Crippen LogP contribution >= 0.6 is 0 Å². The summed E-state index contributed by atoms with van der Waals surface area (Å²) in [5.41, 5.74) is 1.99. The molecule has 2 nitrogen and oxygen atoms in total. The van der Waals surface area contributed by atoms with Gasteiger partial charge in [-0.3, -0.25) is 0 Å². The third-order valence-corrected chi connectivity index (χ3v) is 10.6. The van der Waals surface area contributed by atoms with Gasteiger partial charge in [-0.1, -0.05) is 72.0 Å². The lowest BCUT2D eigenvalue weighted by Crippen LogP contribution is -2.55. The van der Waals surface area contributed by atoms with Crippen LogP contribution in [0.25, 0.3) is 0 Å². The molecule has 0 bridgehead atoms. The molecule has 4 rings (SSSR count). The maximum absolute atomic E-state index is 11.3. The second kappa shape index (κ2) is 8.54. The number of aliphatic hydroxyl groups excluding tert-OH is 2. The summed E-state index contributed by atoms with van der Waals surface area (Å²) in [5, 5.41) is 21.6. The SMILES string of the molecule is CC[C@H](CCCC(C)C)C1CCC2C3C(O)C=C4CC(O)CCC4(C)C3CCC21C. The number of hydrogen-bond donors (Lipinski definition) is 2. The van der Waals surface area contributed by atoms with Gasteiger partial charge in [0.15, 0.2) is 0 Å². The van der Waals surface area contributed by atoms with E-state index in [0.717, 1.165) is 37.0 Å². The Morgan fingerprint density at radius 1 is 1.00 bits per heavy atom. The van der Waals surface area contributed by atoms with Crippen LogP contribution in [0, 0.1) is 46.3 Å². The second-order valence-corrected chi connectivity index (χ2v) is 12.5. The smallest absolute Gasteiger partial charge is 0.0757 e. The minimum Gasteiger partial charge on any atom is -0.393 e. The minimum absolute atomic E-state index is 0.200. The molecule has 3 saturated carbocycles. The van der Waals surface area contributed by atoms with E-state index in [4.69, 9.17) is 0 Å². The molecule has 4 aliphatic carbocycles. The molecule has 0 aliphatic heterocycles. The highest BCUT2D eigenvalue weighted by Crippen LogP contribution is 2.67. The van der Waals surface area contributed by atoms with Crippen molar-refractivity contribution in [2.45, 2.75) is 117 Å². The summed E-state index contributed by atoms with van der Waals surface area (Å²) in [6.45, 7) is 12.2. The molecule has 0 aromatic heterocycles. The van der Waals surface area contributed by atoms with Crippen molar-refractivity contribution < 1.29 is 10.2 Å². The molecule has 0 heterocycles. The van der Waals surface area contributed by atoms with Crippen LogP contribution in [0.15, 0.2) is 11.6 Å². The van der Waals surface area contributed by atoms with Crippen molar-refractivity contribution >= 4 is 0 Å². The van der Waals surface area contributed by atoms with E-state index in [9.17, 15) is 10.2 Å². The van der Waals surface area contributed by atoms with Crippen molar-refractivity contribution in [1.29, 1.82) is 0 Å². The zero-order chi connectivity index (χ0) is 21.7. The first-order chi connectivity index (χ1) is 14.2. The molecule has 3 fully saturated rings. The maximum atomic E-state index is 11.3. The first-order valence-corrected chi connectivity index (χ1v) is 13.3. The Morgan fingerprint density at radius 3 is 2.47 bits per heavy atom. The second-order valence-electron chi connectivity index (χ2n) is 12.5. The Kier molecular flexibility index (Phi) is 6.50. The molecule has 8 unspecified atom stereocenters. The van der Waals surface area contributed by atoms with Crippen molar-refractivity contribution in [3.8, 4) is 0 Å². The summed E-state index contributed by atoms with van der Waals surface area (Å²) < 4.78 is 0. The molecule has 30 heavy (non-hydrogen) atoms. The summed E-state index contributed by atoms with van der Waals surface area (Å²) in [6, 6.07) is 0. The highest BCUT2D eigenvalue weighted by Gasteiger charge is 2.61. The molecule has 0 aromatic rings. The van der Waals surface area contributed by atoms with Gasteiger partial charge in [0.1, 0.15) is 0 Å². The van der Waals surface area contributed by atoms with Crippen LogP contribution in [0.1, 0.15) is 105 Å². The monoisotopic (exact) mass is 416 g/mol. The van der Waals surface area contributed by atoms with Gasteiger partial charge in [0.05, 0.1) is 12.2 Å². The van der Waals surface area contributed by atoms with E-state index in [0.29, 0.717) is 23.2 Å². The highest BCUT2D eigenvalue weighted by atomic mass is 16.3. The van der Waals surface area contributed by atoms with Crippen LogP contribution < -0.4 is 0 Å². The van der Waals surface area contributed by atoms with Crippen molar-refractivity contribution in [3.63, 3.8) is 0 Å². The first kappa shape index (κ1) is 22.8. The van der Waals surface area contributed by atoms with Gasteiger partial charge in [-0.2, -0.15) is 0 Å². The van der Waals surface area contributed by atoms with Crippen LogP contribution in [-0.4, -0.2) is 22.4 Å². The molecule has 0 amide bonds. The van der Waals surface area contributed by atoms with E-state index in [1.807, 2.05) is 0 Å². The van der Waals surface area contributed by atoms with Gasteiger partial charge < -0.3 is 10.2 Å². The van der Waals surface area contributed by atoms with Crippen LogP contribution in [-0.2, 0) is 0 Å². The van der Waals surface area contributed by atoms with Gasteiger partial charge in [0.2, 0.25) is 0 Å². The summed E-state index contributed by atoms with van der Waals surface area (Å²) in [7, 11) is 0. The largest absolute Gasteiger partial charge is 0.393 e. The Morgan fingerprint density at radius 2 is 1.77 bits per heavy atom. The van der Waals surface area contributed by atoms with Gasteiger partial charge >= 0.3 is 0 Å². The fourth-order valence-corrected chi connectivity index (χ4v) is 8.92. The summed E-state index contributed by atoms with van der Waals surface area (Å²) >= 11 is 0. The molecule has 0 spiro atoms. The number of rotatable bonds is 6. The number of fused-ring (bicyclic) bond motifs is 5. The van der Waals surface area contributed by atoms with Gasteiger partial charge in [0, 0.05) is 0 Å². The summed E-state index contributed by atoms with van der Waals surface area (Å²) in [5.74, 6) is 4.25. The molecule has 2 heteroatoms. The van der Waals surface area contributed by atoms with E-state index < -0.39 is 0 Å². The van der Waals surface area contributed by atoms with Gasteiger partial charge in [-0.25, -0.2) is 0 Å². The zero-order valence-electron chi connectivity index (χ0n) is 20.4. The Labute approximate surface area is 185 Å².